The van der Waals surface area contributed by atoms with Crippen LogP contribution in [0.3, 0.4) is 0 Å². The number of carbonyl (C=O) groups is 2. The molecule has 214 valence electrons. The quantitative estimate of drug-likeness (QED) is 0.276. The highest BCUT2D eigenvalue weighted by molar-refractivity contribution is 7.92. The summed E-state index contributed by atoms with van der Waals surface area (Å²) in [6.45, 7) is 3.68. The Hall–Kier alpha value is -3.27. The number of anilines is 1. The van der Waals surface area contributed by atoms with Crippen molar-refractivity contribution in [3.05, 3.63) is 88.4 Å². The van der Waals surface area contributed by atoms with Crippen molar-refractivity contribution in [3.63, 3.8) is 0 Å². The molecule has 2 amide bonds. The number of nitrogens with zero attached hydrogens (tertiary/aromatic N) is 2. The topological polar surface area (TPSA) is 96.0 Å². The van der Waals surface area contributed by atoms with Crippen molar-refractivity contribution in [2.24, 2.45) is 0 Å². The predicted octanol–water partition coefficient (Wildman–Crippen LogP) is 5.53. The van der Waals surface area contributed by atoms with Crippen molar-refractivity contribution in [2.45, 2.75) is 44.2 Å². The summed E-state index contributed by atoms with van der Waals surface area (Å²) >= 11 is 12.5. The van der Waals surface area contributed by atoms with Gasteiger partial charge in [0, 0.05) is 18.1 Å². The van der Waals surface area contributed by atoms with E-state index in [9.17, 15) is 18.0 Å². The Kier molecular flexibility index (Phi) is 11.2. The van der Waals surface area contributed by atoms with Gasteiger partial charge in [-0.15, -0.1) is 0 Å². The van der Waals surface area contributed by atoms with E-state index < -0.39 is 28.5 Å². The summed E-state index contributed by atoms with van der Waals surface area (Å²) in [7, 11) is -2.67. The van der Waals surface area contributed by atoms with Gasteiger partial charge in [-0.3, -0.25) is 13.9 Å². The molecule has 1 N–H and O–H groups in total. The van der Waals surface area contributed by atoms with Crippen LogP contribution in [0.5, 0.6) is 5.75 Å². The first-order chi connectivity index (χ1) is 19.1. The fourth-order valence-electron chi connectivity index (χ4n) is 4.13. The highest BCUT2D eigenvalue weighted by atomic mass is 35.5. The van der Waals surface area contributed by atoms with Gasteiger partial charge in [-0.25, -0.2) is 8.42 Å². The summed E-state index contributed by atoms with van der Waals surface area (Å²) < 4.78 is 33.9. The molecule has 1 atom stereocenters. The smallest absolute Gasteiger partial charge is 0.264 e. The van der Waals surface area contributed by atoms with Crippen molar-refractivity contribution in [1.29, 1.82) is 0 Å². The standard InChI is InChI=1S/C29H33Cl2N3O5S/c1-4-17-32-29(36)26(5-2)33(19-21-11-14-23(39-3)15-12-21)28(35)20-34(27-16-13-22(30)18-25(27)31)40(37,38)24-9-7-6-8-10-24/h6-16,18,26H,4-5,17,19-20H2,1-3H3,(H,32,36)/t26-/m0/s1. The van der Waals surface area contributed by atoms with Crippen LogP contribution in [0.1, 0.15) is 32.3 Å². The zero-order valence-electron chi connectivity index (χ0n) is 22.6. The maximum atomic E-state index is 14.0. The van der Waals surface area contributed by atoms with Gasteiger partial charge in [0.15, 0.2) is 0 Å². The molecule has 0 heterocycles. The van der Waals surface area contributed by atoms with Gasteiger partial charge < -0.3 is 15.0 Å². The molecule has 3 aromatic carbocycles. The second-order valence-corrected chi connectivity index (χ2v) is 11.7. The monoisotopic (exact) mass is 605 g/mol. The molecular weight excluding hydrogens is 573 g/mol. The van der Waals surface area contributed by atoms with Crippen molar-refractivity contribution in [2.75, 3.05) is 24.5 Å². The molecule has 0 aliphatic rings. The summed E-state index contributed by atoms with van der Waals surface area (Å²) in [6.07, 6.45) is 1.05. The Balaban J connectivity index is 2.06. The largest absolute Gasteiger partial charge is 0.497 e. The van der Waals surface area contributed by atoms with E-state index in [0.29, 0.717) is 23.7 Å². The zero-order valence-corrected chi connectivity index (χ0v) is 25.0. The summed E-state index contributed by atoms with van der Waals surface area (Å²) in [5, 5.41) is 3.24. The van der Waals surface area contributed by atoms with Gasteiger partial charge in [0.25, 0.3) is 10.0 Å². The molecule has 0 unspecified atom stereocenters. The number of sulfonamides is 1. The third-order valence-corrected chi connectivity index (χ3v) is 8.55. The van der Waals surface area contributed by atoms with Crippen LogP contribution in [0.15, 0.2) is 77.7 Å². The number of amides is 2. The number of methoxy groups -OCH3 is 1. The molecule has 0 aromatic heterocycles. The van der Waals surface area contributed by atoms with Gasteiger partial charge >= 0.3 is 0 Å². The Labute approximate surface area is 245 Å². The molecule has 11 heteroatoms. The van der Waals surface area contributed by atoms with E-state index in [0.717, 1.165) is 16.3 Å². The lowest BCUT2D eigenvalue weighted by molar-refractivity contribution is -0.140. The van der Waals surface area contributed by atoms with E-state index in [1.807, 2.05) is 6.92 Å². The fraction of sp³-hybridized carbons (Fsp3) is 0.310. The summed E-state index contributed by atoms with van der Waals surface area (Å²) in [6, 6.07) is 18.4. The van der Waals surface area contributed by atoms with E-state index in [2.05, 4.69) is 5.32 Å². The number of benzene rings is 3. The van der Waals surface area contributed by atoms with Crippen molar-refractivity contribution in [3.8, 4) is 5.75 Å². The lowest BCUT2D eigenvalue weighted by Gasteiger charge is -2.33. The summed E-state index contributed by atoms with van der Waals surface area (Å²) in [4.78, 5) is 28.6. The van der Waals surface area contributed by atoms with Gasteiger partial charge in [-0.1, -0.05) is 67.4 Å². The molecule has 3 aromatic rings. The first-order valence-corrected chi connectivity index (χ1v) is 15.0. The molecule has 0 spiro atoms. The molecule has 0 fully saturated rings. The van der Waals surface area contributed by atoms with E-state index in [1.54, 1.807) is 56.5 Å². The molecule has 0 bridgehead atoms. The second kappa shape index (κ2) is 14.4. The average molecular weight is 607 g/mol. The van der Waals surface area contributed by atoms with Gasteiger partial charge in [-0.05, 0) is 60.9 Å². The van der Waals surface area contributed by atoms with Gasteiger partial charge in [0.2, 0.25) is 11.8 Å². The molecule has 3 rings (SSSR count). The molecular formula is C29H33Cl2N3O5S. The molecule has 0 saturated carbocycles. The van der Waals surface area contributed by atoms with Crippen LogP contribution in [0.4, 0.5) is 5.69 Å². The van der Waals surface area contributed by atoms with Crippen LogP contribution in [0.2, 0.25) is 10.0 Å². The minimum Gasteiger partial charge on any atom is -0.497 e. The maximum Gasteiger partial charge on any atom is 0.264 e. The lowest BCUT2D eigenvalue weighted by atomic mass is 10.1. The number of rotatable bonds is 13. The van der Waals surface area contributed by atoms with E-state index in [-0.39, 0.29) is 28.1 Å². The highest BCUT2D eigenvalue weighted by Crippen LogP contribution is 2.33. The number of ether oxygens (including phenoxy) is 1. The van der Waals surface area contributed by atoms with E-state index in [1.165, 1.54) is 35.2 Å². The zero-order chi connectivity index (χ0) is 29.3. The van der Waals surface area contributed by atoms with Gasteiger partial charge in [0.1, 0.15) is 18.3 Å². The number of halogens is 2. The molecule has 0 aliphatic carbocycles. The van der Waals surface area contributed by atoms with Crippen LogP contribution >= 0.6 is 23.2 Å². The minimum atomic E-state index is -4.23. The average Bonchev–Trinajstić information content (AvgIpc) is 2.95. The lowest BCUT2D eigenvalue weighted by Crippen LogP contribution is -2.52. The molecule has 40 heavy (non-hydrogen) atoms. The van der Waals surface area contributed by atoms with E-state index in [4.69, 9.17) is 27.9 Å². The highest BCUT2D eigenvalue weighted by Gasteiger charge is 2.34. The maximum absolute atomic E-state index is 14.0. The van der Waals surface area contributed by atoms with E-state index >= 15 is 0 Å². The van der Waals surface area contributed by atoms with Crippen LogP contribution in [-0.2, 0) is 26.2 Å². The Morgan fingerprint density at radius 3 is 2.23 bits per heavy atom. The second-order valence-electron chi connectivity index (χ2n) is 9.01. The molecule has 0 radical (unpaired) electrons. The van der Waals surface area contributed by atoms with Gasteiger partial charge in [0.05, 0.1) is 22.7 Å². The van der Waals surface area contributed by atoms with Crippen molar-refractivity contribution < 1.29 is 22.7 Å². The Morgan fingerprint density at radius 1 is 0.975 bits per heavy atom. The summed E-state index contributed by atoms with van der Waals surface area (Å²) in [5.74, 6) is -0.236. The number of nitrogens with one attached hydrogen (secondary N) is 1. The SMILES string of the molecule is CCCNC(=O)[C@H](CC)N(Cc1ccc(OC)cc1)C(=O)CN(c1ccc(Cl)cc1Cl)S(=O)(=O)c1ccccc1. The molecule has 8 nitrogen and oxygen atoms in total. The predicted molar refractivity (Wildman–Crippen MR) is 158 cm³/mol. The number of carbonyl (C=O) groups excluding carboxylic acids is 2. The summed E-state index contributed by atoms with van der Waals surface area (Å²) in [5.41, 5.74) is 0.842. The van der Waals surface area contributed by atoms with Crippen LogP contribution < -0.4 is 14.4 Å². The fourth-order valence-corrected chi connectivity index (χ4v) is 6.14. The third-order valence-electron chi connectivity index (χ3n) is 6.24. The first kappa shape index (κ1) is 31.3. The molecule has 0 saturated heterocycles. The van der Waals surface area contributed by atoms with Crippen LogP contribution in [0, 0.1) is 0 Å². The Morgan fingerprint density at radius 2 is 1.65 bits per heavy atom. The first-order valence-electron chi connectivity index (χ1n) is 12.8. The number of hydrogen-bond acceptors (Lipinski definition) is 5. The van der Waals surface area contributed by atoms with Gasteiger partial charge in [-0.2, -0.15) is 0 Å². The minimum absolute atomic E-state index is 0.0109. The van der Waals surface area contributed by atoms with Crippen LogP contribution in [0.25, 0.3) is 0 Å². The number of hydrogen-bond donors (Lipinski definition) is 1. The van der Waals surface area contributed by atoms with Crippen LogP contribution in [-0.4, -0.2) is 51.4 Å². The van der Waals surface area contributed by atoms with Crippen molar-refractivity contribution in [1.82, 2.24) is 10.2 Å². The Bertz CT molecular complexity index is 1400. The van der Waals surface area contributed by atoms with Crippen molar-refractivity contribution >= 4 is 50.7 Å². The normalized spacial score (nSPS) is 11.9. The third kappa shape index (κ3) is 7.68. The molecule has 0 aliphatic heterocycles.